The van der Waals surface area contributed by atoms with Crippen molar-refractivity contribution in [3.05, 3.63) is 35.9 Å². The van der Waals surface area contributed by atoms with Gasteiger partial charge in [0.05, 0.1) is 6.26 Å². The Morgan fingerprint density at radius 1 is 1.44 bits per heavy atom. The molecule has 0 radical (unpaired) electrons. The number of amides is 1. The third kappa shape index (κ3) is 4.21. The van der Waals surface area contributed by atoms with E-state index in [2.05, 4.69) is 10.1 Å². The highest BCUT2D eigenvalue weighted by Crippen LogP contribution is 2.54. The molecular formula is C18H25N3O4. The molecule has 1 aliphatic rings. The maximum absolute atomic E-state index is 12.1. The van der Waals surface area contributed by atoms with E-state index in [0.717, 1.165) is 12.2 Å². The molecule has 7 heteroatoms. The Morgan fingerprint density at radius 3 is 2.84 bits per heavy atom. The van der Waals surface area contributed by atoms with Gasteiger partial charge in [0.1, 0.15) is 11.4 Å². The zero-order valence-corrected chi connectivity index (χ0v) is 15.4. The third-order valence-corrected chi connectivity index (χ3v) is 4.17. The van der Waals surface area contributed by atoms with E-state index in [0.29, 0.717) is 24.2 Å². The molecule has 1 aliphatic carbocycles. The Balaban J connectivity index is 1.56. The van der Waals surface area contributed by atoms with E-state index in [9.17, 15) is 4.79 Å². The Labute approximate surface area is 147 Å². The largest absolute Gasteiger partial charge is 0.469 e. The second kappa shape index (κ2) is 6.54. The number of hydrogen-bond acceptors (Lipinski definition) is 6. The van der Waals surface area contributed by atoms with Gasteiger partial charge in [-0.25, -0.2) is 4.79 Å². The Bertz CT molecular complexity index is 717. The van der Waals surface area contributed by atoms with Gasteiger partial charge in [0.25, 0.3) is 0 Å². The van der Waals surface area contributed by atoms with Crippen LogP contribution in [0.25, 0.3) is 0 Å². The summed E-state index contributed by atoms with van der Waals surface area (Å²) in [6.07, 6.45) is 2.28. The molecule has 25 heavy (non-hydrogen) atoms. The molecule has 1 amide bonds. The molecule has 0 saturated heterocycles. The van der Waals surface area contributed by atoms with Gasteiger partial charge in [-0.1, -0.05) is 12.1 Å². The number of aromatic nitrogens is 2. The summed E-state index contributed by atoms with van der Waals surface area (Å²) in [4.78, 5) is 18.1. The molecule has 3 atom stereocenters. The lowest BCUT2D eigenvalue weighted by atomic mass is 10.1. The summed E-state index contributed by atoms with van der Waals surface area (Å²) in [5, 5.41) is 4.08. The number of furan rings is 1. The number of carbonyl (C=O) groups excluding carboxylic acids is 1. The average molecular weight is 347 g/mol. The van der Waals surface area contributed by atoms with Crippen molar-refractivity contribution >= 4 is 6.09 Å². The van der Waals surface area contributed by atoms with Crippen molar-refractivity contribution in [3.63, 3.8) is 0 Å². The number of ether oxygens (including phenoxy) is 1. The monoisotopic (exact) mass is 347 g/mol. The molecular weight excluding hydrogens is 322 g/mol. The summed E-state index contributed by atoms with van der Waals surface area (Å²) in [5.74, 6) is 2.71. The highest BCUT2D eigenvalue weighted by Gasteiger charge is 2.45. The second-order valence-electron chi connectivity index (χ2n) is 7.72. The minimum absolute atomic E-state index is 0.0455. The number of carbonyl (C=O) groups is 1. The molecule has 0 N–H and O–H groups in total. The summed E-state index contributed by atoms with van der Waals surface area (Å²) < 4.78 is 16.2. The van der Waals surface area contributed by atoms with E-state index in [1.165, 1.54) is 4.90 Å². The van der Waals surface area contributed by atoms with E-state index in [1.54, 1.807) is 13.3 Å². The zero-order chi connectivity index (χ0) is 18.2. The Morgan fingerprint density at radius 2 is 2.20 bits per heavy atom. The van der Waals surface area contributed by atoms with Crippen molar-refractivity contribution in [3.8, 4) is 0 Å². The van der Waals surface area contributed by atoms with E-state index >= 15 is 0 Å². The van der Waals surface area contributed by atoms with Crippen LogP contribution in [0, 0.1) is 0 Å². The molecule has 0 aromatic carbocycles. The molecule has 0 spiro atoms. The highest BCUT2D eigenvalue weighted by molar-refractivity contribution is 5.67. The molecule has 7 nitrogen and oxygen atoms in total. The van der Waals surface area contributed by atoms with E-state index < -0.39 is 5.60 Å². The van der Waals surface area contributed by atoms with Crippen LogP contribution in [0.1, 0.15) is 69.3 Å². The summed E-state index contributed by atoms with van der Waals surface area (Å²) in [7, 11) is 1.71. The molecule has 0 aliphatic heterocycles. The van der Waals surface area contributed by atoms with Crippen molar-refractivity contribution in [1.82, 2.24) is 15.0 Å². The fourth-order valence-electron chi connectivity index (χ4n) is 2.79. The predicted molar refractivity (Wildman–Crippen MR) is 90.4 cm³/mol. The Kier molecular flexibility index (Phi) is 4.58. The highest BCUT2D eigenvalue weighted by atomic mass is 16.6. The van der Waals surface area contributed by atoms with Crippen LogP contribution in [0.15, 0.2) is 27.3 Å². The predicted octanol–water partition coefficient (Wildman–Crippen LogP) is 3.90. The van der Waals surface area contributed by atoms with Crippen molar-refractivity contribution in [1.29, 1.82) is 0 Å². The minimum Gasteiger partial charge on any atom is -0.469 e. The third-order valence-electron chi connectivity index (χ3n) is 4.17. The van der Waals surface area contributed by atoms with Crippen LogP contribution in [0.3, 0.4) is 0 Å². The summed E-state index contributed by atoms with van der Waals surface area (Å²) in [6, 6.07) is 3.86. The average Bonchev–Trinajstić information content (AvgIpc) is 2.96. The van der Waals surface area contributed by atoms with Crippen LogP contribution in [0.2, 0.25) is 0 Å². The standard InChI is InChI=1S/C18H25N3O4/c1-11(10-21(5)17(22)24-18(2,3)4)15-19-16(25-20-15)13-9-12(13)14-7-6-8-23-14/h6-8,11-13H,9-10H2,1-5H3. The molecule has 3 unspecified atom stereocenters. The lowest BCUT2D eigenvalue weighted by molar-refractivity contribution is 0.0289. The van der Waals surface area contributed by atoms with Crippen LogP contribution < -0.4 is 0 Å². The molecule has 2 aromatic rings. The van der Waals surface area contributed by atoms with Crippen LogP contribution >= 0.6 is 0 Å². The van der Waals surface area contributed by atoms with Crippen LogP contribution in [0.5, 0.6) is 0 Å². The SMILES string of the molecule is CC(CN(C)C(=O)OC(C)(C)C)c1noc(C2CC2c2ccco2)n1. The molecule has 1 saturated carbocycles. The van der Waals surface area contributed by atoms with Gasteiger partial charge in [0, 0.05) is 31.3 Å². The molecule has 3 rings (SSSR count). The molecule has 2 aromatic heterocycles. The maximum atomic E-state index is 12.1. The summed E-state index contributed by atoms with van der Waals surface area (Å²) in [5.41, 5.74) is -0.513. The van der Waals surface area contributed by atoms with Crippen molar-refractivity contribution in [2.45, 2.75) is 57.5 Å². The quantitative estimate of drug-likeness (QED) is 0.816. The van der Waals surface area contributed by atoms with Gasteiger partial charge < -0.3 is 18.6 Å². The second-order valence-corrected chi connectivity index (χ2v) is 7.72. The van der Waals surface area contributed by atoms with Crippen molar-refractivity contribution in [2.75, 3.05) is 13.6 Å². The van der Waals surface area contributed by atoms with Gasteiger partial charge in [-0.15, -0.1) is 0 Å². The number of rotatable bonds is 5. The Hall–Kier alpha value is -2.31. The first-order chi connectivity index (χ1) is 11.7. The van der Waals surface area contributed by atoms with Crippen molar-refractivity contribution < 1.29 is 18.5 Å². The van der Waals surface area contributed by atoms with Gasteiger partial charge >= 0.3 is 6.09 Å². The van der Waals surface area contributed by atoms with Crippen LogP contribution in [-0.2, 0) is 4.74 Å². The normalized spacial score (nSPS) is 21.0. The minimum atomic E-state index is -0.513. The fourth-order valence-corrected chi connectivity index (χ4v) is 2.79. The first-order valence-corrected chi connectivity index (χ1v) is 8.55. The van der Waals surface area contributed by atoms with Gasteiger partial charge in [0.2, 0.25) is 5.89 Å². The van der Waals surface area contributed by atoms with E-state index in [4.69, 9.17) is 13.7 Å². The lowest BCUT2D eigenvalue weighted by Gasteiger charge is -2.25. The number of hydrogen-bond donors (Lipinski definition) is 0. The smallest absolute Gasteiger partial charge is 0.410 e. The maximum Gasteiger partial charge on any atom is 0.410 e. The number of likely N-dealkylation sites (N-methyl/N-ethyl adjacent to an activating group) is 1. The van der Waals surface area contributed by atoms with E-state index in [-0.39, 0.29) is 17.9 Å². The molecule has 136 valence electrons. The lowest BCUT2D eigenvalue weighted by Crippen LogP contribution is -2.36. The first kappa shape index (κ1) is 17.5. The van der Waals surface area contributed by atoms with Gasteiger partial charge in [-0.3, -0.25) is 0 Å². The summed E-state index contributed by atoms with van der Waals surface area (Å²) >= 11 is 0. The van der Waals surface area contributed by atoms with E-state index in [1.807, 2.05) is 39.8 Å². The molecule has 1 fully saturated rings. The van der Waals surface area contributed by atoms with Gasteiger partial charge in [-0.2, -0.15) is 4.98 Å². The zero-order valence-electron chi connectivity index (χ0n) is 15.4. The summed E-state index contributed by atoms with van der Waals surface area (Å²) in [6.45, 7) is 7.96. The number of nitrogens with zero attached hydrogens (tertiary/aromatic N) is 3. The fraction of sp³-hybridized carbons (Fsp3) is 0.611. The van der Waals surface area contributed by atoms with Crippen molar-refractivity contribution in [2.24, 2.45) is 0 Å². The molecule has 2 heterocycles. The van der Waals surface area contributed by atoms with Crippen LogP contribution in [-0.4, -0.2) is 40.3 Å². The van der Waals surface area contributed by atoms with Gasteiger partial charge in [-0.05, 0) is 39.3 Å². The topological polar surface area (TPSA) is 81.6 Å². The molecule has 0 bridgehead atoms. The first-order valence-electron chi connectivity index (χ1n) is 8.55. The van der Waals surface area contributed by atoms with Crippen LogP contribution in [0.4, 0.5) is 4.79 Å². The van der Waals surface area contributed by atoms with Gasteiger partial charge in [0.15, 0.2) is 5.82 Å².